The van der Waals surface area contributed by atoms with Crippen LogP contribution in [0.4, 0.5) is 14.5 Å². The first kappa shape index (κ1) is 22.2. The van der Waals surface area contributed by atoms with Crippen molar-refractivity contribution in [3.8, 4) is 6.07 Å². The Morgan fingerprint density at radius 3 is 2.72 bits per heavy atom. The van der Waals surface area contributed by atoms with E-state index in [9.17, 15) is 24.3 Å². The average molecular weight is 444 g/mol. The minimum Gasteiger partial charge on any atom is -0.477 e. The molecule has 1 aliphatic heterocycles. The Hall–Kier alpha value is -2.99. The van der Waals surface area contributed by atoms with Crippen LogP contribution in [-0.4, -0.2) is 48.0 Å². The van der Waals surface area contributed by atoms with Crippen LogP contribution < -0.4 is 15.6 Å². The summed E-state index contributed by atoms with van der Waals surface area (Å²) in [5, 5.41) is 22.6. The van der Waals surface area contributed by atoms with Crippen LogP contribution in [-0.2, 0) is 0 Å². The van der Waals surface area contributed by atoms with E-state index in [1.165, 1.54) is 4.57 Å². The number of nitrogens with one attached hydrogen (secondary N) is 1. The number of aromatic carboxylic acids is 1. The van der Waals surface area contributed by atoms with Crippen LogP contribution in [0.15, 0.2) is 17.1 Å². The number of carboxylic acid groups (broad SMARTS) is 1. The molecule has 0 spiro atoms. The Bertz CT molecular complexity index is 1180. The summed E-state index contributed by atoms with van der Waals surface area (Å²) in [5.41, 5.74) is -1.29. The lowest BCUT2D eigenvalue weighted by atomic mass is 9.96. The number of rotatable bonds is 7. The fourth-order valence-corrected chi connectivity index (χ4v) is 5.13. The number of nitrogens with zero attached hydrogens (tertiary/aromatic N) is 3. The van der Waals surface area contributed by atoms with Crippen LogP contribution >= 0.6 is 0 Å². The highest BCUT2D eigenvalue weighted by molar-refractivity contribution is 5.96. The first-order chi connectivity index (χ1) is 15.3. The molecule has 7 nitrogen and oxygen atoms in total. The first-order valence-electron chi connectivity index (χ1n) is 10.9. The van der Waals surface area contributed by atoms with Gasteiger partial charge in [-0.3, -0.25) is 4.79 Å². The number of fused-ring (bicyclic) bond motifs is 1. The monoisotopic (exact) mass is 444 g/mol. The van der Waals surface area contributed by atoms with Crippen molar-refractivity contribution in [3.05, 3.63) is 39.4 Å². The van der Waals surface area contributed by atoms with Gasteiger partial charge in [0.2, 0.25) is 5.43 Å². The van der Waals surface area contributed by atoms with Crippen molar-refractivity contribution < 1.29 is 18.7 Å². The molecule has 4 rings (SSSR count). The highest BCUT2D eigenvalue weighted by Crippen LogP contribution is 2.47. The molecule has 2 N–H and O–H groups in total. The molecule has 1 saturated carbocycles. The number of carboxylic acids is 1. The fourth-order valence-electron chi connectivity index (χ4n) is 5.13. The molecule has 9 heteroatoms. The molecule has 2 heterocycles. The number of alkyl halides is 1. The Morgan fingerprint density at radius 1 is 1.47 bits per heavy atom. The molecule has 1 saturated heterocycles. The number of hydrogen-bond donors (Lipinski definition) is 2. The van der Waals surface area contributed by atoms with Crippen LogP contribution in [0.5, 0.6) is 0 Å². The van der Waals surface area contributed by atoms with Gasteiger partial charge in [0.05, 0.1) is 22.6 Å². The van der Waals surface area contributed by atoms with Gasteiger partial charge in [0.25, 0.3) is 0 Å². The smallest absolute Gasteiger partial charge is 0.341 e. The van der Waals surface area contributed by atoms with Gasteiger partial charge in [-0.05, 0) is 44.7 Å². The van der Waals surface area contributed by atoms with Crippen LogP contribution in [0.2, 0.25) is 0 Å². The molecule has 1 aromatic carbocycles. The Kier molecular flexibility index (Phi) is 5.67. The maximum Gasteiger partial charge on any atom is 0.341 e. The van der Waals surface area contributed by atoms with E-state index < -0.39 is 35.5 Å². The number of aromatic nitrogens is 1. The topological polar surface area (TPSA) is 98.4 Å². The number of benzene rings is 1. The number of hydrogen-bond acceptors (Lipinski definition) is 5. The predicted molar refractivity (Wildman–Crippen MR) is 116 cm³/mol. The van der Waals surface area contributed by atoms with Crippen molar-refractivity contribution in [2.24, 2.45) is 5.92 Å². The molecule has 2 aromatic rings. The summed E-state index contributed by atoms with van der Waals surface area (Å²) in [4.78, 5) is 26.3. The summed E-state index contributed by atoms with van der Waals surface area (Å²) < 4.78 is 30.5. The lowest BCUT2D eigenvalue weighted by Crippen LogP contribution is -2.37. The molecule has 170 valence electrons. The molecule has 0 amide bonds. The highest BCUT2D eigenvalue weighted by Gasteiger charge is 2.50. The fraction of sp³-hybridized carbons (Fsp3) is 0.522. The van der Waals surface area contributed by atoms with Gasteiger partial charge in [0.15, 0.2) is 0 Å². The molecule has 2 fully saturated rings. The third-order valence-electron chi connectivity index (χ3n) is 7.20. The van der Waals surface area contributed by atoms with Crippen molar-refractivity contribution in [3.63, 3.8) is 0 Å². The lowest BCUT2D eigenvalue weighted by Gasteiger charge is -2.26. The molecule has 2 atom stereocenters. The lowest BCUT2D eigenvalue weighted by molar-refractivity contribution is 0.0694. The Morgan fingerprint density at radius 2 is 2.19 bits per heavy atom. The third kappa shape index (κ3) is 3.34. The highest BCUT2D eigenvalue weighted by atomic mass is 19.1. The van der Waals surface area contributed by atoms with Crippen LogP contribution in [0.25, 0.3) is 10.9 Å². The van der Waals surface area contributed by atoms with E-state index in [1.54, 1.807) is 6.92 Å². The van der Waals surface area contributed by atoms with Crippen molar-refractivity contribution in [2.75, 3.05) is 31.7 Å². The SMILES string of the molecule is CC[C@H](CF)n1cc(C(=O)O)c(=O)c2cc(F)c(N3CC[C@@H](C4(NC)CC4)C3)c(C#N)c21. The second-order valence-electron chi connectivity index (χ2n) is 8.73. The summed E-state index contributed by atoms with van der Waals surface area (Å²) in [6.45, 7) is 2.03. The second-order valence-corrected chi connectivity index (χ2v) is 8.73. The molecular formula is C23H26F2N4O3. The second kappa shape index (κ2) is 8.17. The van der Waals surface area contributed by atoms with Crippen LogP contribution in [0, 0.1) is 23.1 Å². The maximum absolute atomic E-state index is 15.4. The quantitative estimate of drug-likeness (QED) is 0.681. The normalized spacial score (nSPS) is 20.3. The van der Waals surface area contributed by atoms with Crippen molar-refractivity contribution in [2.45, 2.75) is 44.2 Å². The average Bonchev–Trinajstić information content (AvgIpc) is 3.43. The van der Waals surface area contributed by atoms with E-state index in [-0.39, 0.29) is 27.7 Å². The number of nitriles is 1. The molecule has 1 aliphatic carbocycles. The largest absolute Gasteiger partial charge is 0.477 e. The van der Waals surface area contributed by atoms with Crippen LogP contribution in [0.3, 0.4) is 0 Å². The van der Waals surface area contributed by atoms with Crippen molar-refractivity contribution >= 4 is 22.6 Å². The minimum atomic E-state index is -1.48. The van der Waals surface area contributed by atoms with Crippen LogP contribution in [0.1, 0.15) is 54.6 Å². The zero-order valence-electron chi connectivity index (χ0n) is 18.1. The summed E-state index contributed by atoms with van der Waals surface area (Å²) in [7, 11) is 1.92. The number of carbonyl (C=O) groups is 1. The summed E-state index contributed by atoms with van der Waals surface area (Å²) in [5.74, 6) is -1.92. The van der Waals surface area contributed by atoms with Gasteiger partial charge in [0.1, 0.15) is 29.7 Å². The predicted octanol–water partition coefficient (Wildman–Crippen LogP) is 3.21. The minimum absolute atomic E-state index is 0.0505. The summed E-state index contributed by atoms with van der Waals surface area (Å²) in [6.07, 6.45) is 4.34. The third-order valence-corrected chi connectivity index (χ3v) is 7.20. The van der Waals surface area contributed by atoms with E-state index in [0.29, 0.717) is 25.4 Å². The van der Waals surface area contributed by atoms with Gasteiger partial charge >= 0.3 is 5.97 Å². The number of anilines is 1. The number of halogens is 2. The Balaban J connectivity index is 1.95. The zero-order valence-corrected chi connectivity index (χ0v) is 18.1. The maximum atomic E-state index is 15.4. The first-order valence-corrected chi connectivity index (χ1v) is 10.9. The standard InChI is InChI=1S/C23H26F2N4O3/c1-3-14(9-24)29-12-17(22(31)32)21(30)15-8-18(25)20(16(10-26)19(15)29)28-7-4-13(11-28)23(27-2)5-6-23/h8,12-14,27H,3-7,9,11H2,1-2H3,(H,31,32)/t13-,14-/m1/s1. The molecule has 0 bridgehead atoms. The van der Waals surface area contributed by atoms with Gasteiger partial charge in [-0.15, -0.1) is 0 Å². The van der Waals surface area contributed by atoms with Crippen molar-refractivity contribution in [1.82, 2.24) is 9.88 Å². The van der Waals surface area contributed by atoms with E-state index in [0.717, 1.165) is 31.5 Å². The van der Waals surface area contributed by atoms with Gasteiger partial charge in [-0.25, -0.2) is 13.6 Å². The molecule has 0 unspecified atom stereocenters. The van der Waals surface area contributed by atoms with Gasteiger partial charge < -0.3 is 19.9 Å². The van der Waals surface area contributed by atoms with E-state index in [4.69, 9.17) is 0 Å². The summed E-state index contributed by atoms with van der Waals surface area (Å²) >= 11 is 0. The molecule has 32 heavy (non-hydrogen) atoms. The van der Waals surface area contributed by atoms with E-state index in [2.05, 4.69) is 5.32 Å². The Labute approximate surface area is 184 Å². The van der Waals surface area contributed by atoms with E-state index >= 15 is 4.39 Å². The van der Waals surface area contributed by atoms with Gasteiger partial charge in [0, 0.05) is 24.8 Å². The zero-order chi connectivity index (χ0) is 23.2. The van der Waals surface area contributed by atoms with Gasteiger partial charge in [-0.2, -0.15) is 5.26 Å². The van der Waals surface area contributed by atoms with Crippen molar-refractivity contribution in [1.29, 1.82) is 5.26 Å². The van der Waals surface area contributed by atoms with E-state index in [1.807, 2.05) is 18.0 Å². The molecular weight excluding hydrogens is 418 g/mol. The number of pyridine rings is 1. The van der Waals surface area contributed by atoms with Gasteiger partial charge in [-0.1, -0.05) is 6.92 Å². The molecule has 1 aromatic heterocycles. The molecule has 2 aliphatic rings. The molecule has 0 radical (unpaired) electrons. The summed E-state index contributed by atoms with van der Waals surface area (Å²) in [6, 6.07) is 2.25.